The zero-order valence-electron chi connectivity index (χ0n) is 11.3. The maximum absolute atomic E-state index is 13.8. The van der Waals surface area contributed by atoms with Crippen molar-refractivity contribution in [2.45, 2.75) is 33.5 Å². The minimum Gasteiger partial charge on any atom is -0.315 e. The molecule has 0 saturated heterocycles. The fraction of sp³-hybridized carbons (Fsp3) is 0.400. The van der Waals surface area contributed by atoms with Crippen molar-refractivity contribution in [2.75, 3.05) is 0 Å². The van der Waals surface area contributed by atoms with E-state index in [0.717, 1.165) is 16.5 Å². The van der Waals surface area contributed by atoms with Crippen molar-refractivity contribution in [2.24, 2.45) is 5.41 Å². The average molecular weight is 265 g/mol. The van der Waals surface area contributed by atoms with Crippen molar-refractivity contribution < 1.29 is 13.5 Å². The summed E-state index contributed by atoms with van der Waals surface area (Å²) in [6.07, 6.45) is -1.49. The first-order valence-electron chi connectivity index (χ1n) is 6.16. The normalized spacial score (nSPS) is 12.9. The molecule has 0 aliphatic rings. The van der Waals surface area contributed by atoms with Crippen molar-refractivity contribution in [3.63, 3.8) is 0 Å². The smallest absolute Gasteiger partial charge is 0.315 e. The Bertz CT molecular complexity index is 570. The first-order valence-corrected chi connectivity index (χ1v) is 6.16. The van der Waals surface area contributed by atoms with Crippen LogP contribution in [0.15, 0.2) is 36.5 Å². The van der Waals surface area contributed by atoms with Crippen LogP contribution in [0.5, 0.6) is 0 Å². The number of halogens is 2. The summed E-state index contributed by atoms with van der Waals surface area (Å²) in [6.45, 7) is 4.24. The summed E-state index contributed by atoms with van der Waals surface area (Å²) in [5.74, 6) is 0. The largest absolute Gasteiger partial charge is 0.360 e. The molecule has 0 radical (unpaired) electrons. The zero-order valence-corrected chi connectivity index (χ0v) is 11.3. The molecule has 2 rings (SSSR count). The summed E-state index contributed by atoms with van der Waals surface area (Å²) in [6, 6.07) is 9.07. The number of rotatable bonds is 3. The highest BCUT2D eigenvalue weighted by Gasteiger charge is 2.44. The Morgan fingerprint density at radius 3 is 2.53 bits per heavy atom. The Hall–Kier alpha value is -1.55. The summed E-state index contributed by atoms with van der Waals surface area (Å²) in [5, 5.41) is 0.842. The molecule has 0 spiro atoms. The van der Waals surface area contributed by atoms with Crippen LogP contribution in [0.1, 0.15) is 26.3 Å². The van der Waals surface area contributed by atoms with E-state index in [2.05, 4.69) is 4.98 Å². The lowest BCUT2D eigenvalue weighted by Gasteiger charge is -2.29. The molecule has 1 heterocycles. The monoisotopic (exact) mass is 265 g/mol. The number of benzene rings is 1. The van der Waals surface area contributed by atoms with Crippen molar-refractivity contribution in [3.8, 4) is 0 Å². The minimum absolute atomic E-state index is 0.132. The predicted octanol–water partition coefficient (Wildman–Crippen LogP) is 4.39. The third kappa shape index (κ3) is 2.89. The van der Waals surface area contributed by atoms with E-state index in [9.17, 15) is 8.78 Å². The molecular formula is C15H17F2NO. The Kier molecular flexibility index (Phi) is 3.54. The van der Waals surface area contributed by atoms with Gasteiger partial charge in [-0.25, -0.2) is 0 Å². The molecular weight excluding hydrogens is 248 g/mol. The van der Waals surface area contributed by atoms with Crippen molar-refractivity contribution in [1.29, 1.82) is 0 Å². The second-order valence-electron chi connectivity index (χ2n) is 5.54. The molecule has 0 N–H and O–H groups in total. The SMILES string of the molecule is CC(C)(C)C(F)(F)OCc1cccc2ncccc12. The molecule has 4 heteroatoms. The number of fused-ring (bicyclic) bond motifs is 1. The lowest BCUT2D eigenvalue weighted by Crippen LogP contribution is -2.36. The number of hydrogen-bond acceptors (Lipinski definition) is 2. The van der Waals surface area contributed by atoms with Gasteiger partial charge in [-0.2, -0.15) is 8.78 Å². The van der Waals surface area contributed by atoms with E-state index >= 15 is 0 Å². The number of hydrogen-bond donors (Lipinski definition) is 0. The lowest BCUT2D eigenvalue weighted by molar-refractivity contribution is -0.300. The summed E-state index contributed by atoms with van der Waals surface area (Å²) in [4.78, 5) is 4.19. The summed E-state index contributed by atoms with van der Waals surface area (Å²) in [5.41, 5.74) is 0.271. The molecule has 1 aromatic heterocycles. The van der Waals surface area contributed by atoms with Gasteiger partial charge in [-0.1, -0.05) is 39.0 Å². The van der Waals surface area contributed by atoms with E-state index in [-0.39, 0.29) is 6.61 Å². The van der Waals surface area contributed by atoms with E-state index in [1.54, 1.807) is 24.4 Å². The van der Waals surface area contributed by atoms with Gasteiger partial charge in [-0.15, -0.1) is 0 Å². The van der Waals surface area contributed by atoms with Gasteiger partial charge in [0.1, 0.15) is 0 Å². The molecule has 0 atom stereocenters. The van der Waals surface area contributed by atoms with Gasteiger partial charge < -0.3 is 4.74 Å². The predicted molar refractivity (Wildman–Crippen MR) is 70.9 cm³/mol. The van der Waals surface area contributed by atoms with E-state index in [4.69, 9.17) is 4.74 Å². The maximum Gasteiger partial charge on any atom is 0.360 e. The van der Waals surface area contributed by atoms with Gasteiger partial charge >= 0.3 is 6.11 Å². The van der Waals surface area contributed by atoms with Gasteiger partial charge in [0.2, 0.25) is 0 Å². The molecule has 0 amide bonds. The molecule has 0 saturated carbocycles. The van der Waals surface area contributed by atoms with Crippen molar-refractivity contribution in [1.82, 2.24) is 4.98 Å². The highest BCUT2D eigenvalue weighted by atomic mass is 19.3. The third-order valence-electron chi connectivity index (χ3n) is 3.02. The van der Waals surface area contributed by atoms with Gasteiger partial charge in [0.15, 0.2) is 0 Å². The Labute approximate surface area is 111 Å². The van der Waals surface area contributed by atoms with Crippen LogP contribution in [-0.2, 0) is 11.3 Å². The molecule has 0 fully saturated rings. The number of alkyl halides is 2. The van der Waals surface area contributed by atoms with Crippen molar-refractivity contribution >= 4 is 10.9 Å². The van der Waals surface area contributed by atoms with E-state index in [1.807, 2.05) is 12.1 Å². The fourth-order valence-electron chi connectivity index (χ4n) is 1.68. The lowest BCUT2D eigenvalue weighted by atomic mass is 9.95. The zero-order chi connectivity index (χ0) is 14.1. The quantitative estimate of drug-likeness (QED) is 0.821. The summed E-state index contributed by atoms with van der Waals surface area (Å²) in [7, 11) is 0. The van der Waals surface area contributed by atoms with E-state index in [1.165, 1.54) is 20.8 Å². The van der Waals surface area contributed by atoms with Crippen LogP contribution in [0.2, 0.25) is 0 Å². The van der Waals surface area contributed by atoms with E-state index < -0.39 is 11.5 Å². The Morgan fingerprint density at radius 2 is 1.84 bits per heavy atom. The van der Waals surface area contributed by atoms with Crippen LogP contribution in [0.25, 0.3) is 10.9 Å². The molecule has 0 unspecified atom stereocenters. The third-order valence-corrected chi connectivity index (χ3v) is 3.02. The highest BCUT2D eigenvalue weighted by Crippen LogP contribution is 2.37. The van der Waals surface area contributed by atoms with Crippen LogP contribution in [0.3, 0.4) is 0 Å². The first-order chi connectivity index (χ1) is 8.81. The Morgan fingerprint density at radius 1 is 1.11 bits per heavy atom. The number of nitrogens with zero attached hydrogens (tertiary/aromatic N) is 1. The minimum atomic E-state index is -3.17. The van der Waals surface area contributed by atoms with Crippen LogP contribution < -0.4 is 0 Å². The van der Waals surface area contributed by atoms with Gasteiger partial charge in [0, 0.05) is 11.6 Å². The summed E-state index contributed by atoms with van der Waals surface area (Å²) < 4.78 is 32.4. The molecule has 0 aliphatic carbocycles. The average Bonchev–Trinajstić information content (AvgIpc) is 2.35. The Balaban J connectivity index is 2.23. The first kappa shape index (κ1) is 13.9. The van der Waals surface area contributed by atoms with Crippen LogP contribution >= 0.6 is 0 Å². The van der Waals surface area contributed by atoms with Crippen LogP contribution in [0, 0.1) is 5.41 Å². The summed E-state index contributed by atoms with van der Waals surface area (Å²) >= 11 is 0. The van der Waals surface area contributed by atoms with E-state index in [0.29, 0.717) is 0 Å². The molecule has 2 nitrogen and oxygen atoms in total. The molecule has 19 heavy (non-hydrogen) atoms. The molecule has 0 bridgehead atoms. The highest BCUT2D eigenvalue weighted by molar-refractivity contribution is 5.81. The molecule has 1 aromatic carbocycles. The second kappa shape index (κ2) is 4.85. The van der Waals surface area contributed by atoms with Gasteiger partial charge in [-0.05, 0) is 17.7 Å². The fourth-order valence-corrected chi connectivity index (χ4v) is 1.68. The van der Waals surface area contributed by atoms with Gasteiger partial charge in [0.25, 0.3) is 0 Å². The number of pyridine rings is 1. The standard InChI is InChI=1S/C15H17F2NO/c1-14(2,3)15(16,17)19-10-11-6-4-8-13-12(11)7-5-9-18-13/h4-9H,10H2,1-3H3. The molecule has 0 aliphatic heterocycles. The van der Waals surface area contributed by atoms with Crippen LogP contribution in [-0.4, -0.2) is 11.1 Å². The van der Waals surface area contributed by atoms with Gasteiger partial charge in [0.05, 0.1) is 17.5 Å². The maximum atomic E-state index is 13.8. The second-order valence-corrected chi connectivity index (χ2v) is 5.54. The number of ether oxygens (including phenoxy) is 1. The molecule has 102 valence electrons. The van der Waals surface area contributed by atoms with Gasteiger partial charge in [-0.3, -0.25) is 4.98 Å². The molecule has 2 aromatic rings. The van der Waals surface area contributed by atoms with Crippen LogP contribution in [0.4, 0.5) is 8.78 Å². The topological polar surface area (TPSA) is 22.1 Å². The number of aromatic nitrogens is 1. The van der Waals surface area contributed by atoms with Crippen molar-refractivity contribution in [3.05, 3.63) is 42.1 Å².